The second-order valence-electron chi connectivity index (χ2n) is 3.71. The maximum Gasteiger partial charge on any atom is 0.339 e. The minimum Gasteiger partial charge on any atom is -0.478 e. The zero-order chi connectivity index (χ0) is 14.9. The highest BCUT2D eigenvalue weighted by molar-refractivity contribution is 6.29. The van der Waals surface area contributed by atoms with Crippen molar-refractivity contribution in [3.8, 4) is 0 Å². The summed E-state index contributed by atoms with van der Waals surface area (Å²) >= 11 is 5.62. The number of anilines is 2. The van der Waals surface area contributed by atoms with E-state index in [1.54, 1.807) is 0 Å². The molecule has 2 rings (SSSR count). The molecule has 1 aromatic carbocycles. The smallest absolute Gasteiger partial charge is 0.339 e. The van der Waals surface area contributed by atoms with E-state index in [1.807, 2.05) is 0 Å². The van der Waals surface area contributed by atoms with E-state index < -0.39 is 23.4 Å². The first kappa shape index (κ1) is 14.1. The van der Waals surface area contributed by atoms with Gasteiger partial charge in [-0.25, -0.2) is 22.9 Å². The van der Waals surface area contributed by atoms with Crippen LogP contribution in [0, 0.1) is 17.5 Å². The second-order valence-corrected chi connectivity index (χ2v) is 4.10. The van der Waals surface area contributed by atoms with E-state index in [-0.39, 0.29) is 22.2 Å². The highest BCUT2D eigenvalue weighted by atomic mass is 35.5. The maximum absolute atomic E-state index is 13.1. The number of aromatic carboxylic acids is 1. The number of aromatic nitrogens is 1. The molecule has 0 radical (unpaired) electrons. The van der Waals surface area contributed by atoms with Crippen molar-refractivity contribution < 1.29 is 23.1 Å². The number of halogens is 4. The third-order valence-electron chi connectivity index (χ3n) is 2.34. The van der Waals surface area contributed by atoms with Crippen LogP contribution in [0.25, 0.3) is 0 Å². The normalized spacial score (nSPS) is 10.4. The van der Waals surface area contributed by atoms with Crippen molar-refractivity contribution in [1.29, 1.82) is 0 Å². The van der Waals surface area contributed by atoms with E-state index in [0.29, 0.717) is 12.1 Å². The van der Waals surface area contributed by atoms with Gasteiger partial charge in [-0.3, -0.25) is 0 Å². The maximum atomic E-state index is 13.1. The molecule has 0 bridgehead atoms. The number of hydrogen-bond acceptors (Lipinski definition) is 3. The number of carboxylic acids is 1. The quantitative estimate of drug-likeness (QED) is 0.672. The number of nitrogens with zero attached hydrogens (tertiary/aromatic N) is 1. The minimum atomic E-state index is -1.62. The van der Waals surface area contributed by atoms with Crippen LogP contribution in [-0.4, -0.2) is 16.1 Å². The molecule has 0 spiro atoms. The molecular formula is C12H6ClF3N2O2. The second kappa shape index (κ2) is 5.38. The van der Waals surface area contributed by atoms with Crippen molar-refractivity contribution in [3.05, 3.63) is 52.4 Å². The summed E-state index contributed by atoms with van der Waals surface area (Å²) in [7, 11) is 0. The molecule has 2 aromatic rings. The van der Waals surface area contributed by atoms with Crippen molar-refractivity contribution in [2.45, 2.75) is 0 Å². The third-order valence-corrected chi connectivity index (χ3v) is 2.55. The topological polar surface area (TPSA) is 62.2 Å². The predicted octanol–water partition coefficient (Wildman–Crippen LogP) is 3.59. The van der Waals surface area contributed by atoms with Gasteiger partial charge in [-0.15, -0.1) is 0 Å². The van der Waals surface area contributed by atoms with Crippen LogP contribution < -0.4 is 5.32 Å². The fourth-order valence-electron chi connectivity index (χ4n) is 1.47. The molecule has 0 amide bonds. The van der Waals surface area contributed by atoms with E-state index >= 15 is 0 Å². The lowest BCUT2D eigenvalue weighted by molar-refractivity contribution is 0.0697. The Hall–Kier alpha value is -2.28. The molecule has 0 saturated carbocycles. The molecule has 0 atom stereocenters. The van der Waals surface area contributed by atoms with Crippen molar-refractivity contribution in [2.75, 3.05) is 5.32 Å². The summed E-state index contributed by atoms with van der Waals surface area (Å²) in [4.78, 5) is 14.7. The number of rotatable bonds is 3. The number of nitrogens with one attached hydrogen (secondary N) is 1. The van der Waals surface area contributed by atoms with E-state index in [9.17, 15) is 18.0 Å². The summed E-state index contributed by atoms with van der Waals surface area (Å²) in [5, 5.41) is 11.3. The van der Waals surface area contributed by atoms with Crippen LogP contribution in [0.5, 0.6) is 0 Å². The van der Waals surface area contributed by atoms with Crippen LogP contribution in [0.3, 0.4) is 0 Å². The number of pyridine rings is 1. The Morgan fingerprint density at radius 3 is 2.35 bits per heavy atom. The van der Waals surface area contributed by atoms with E-state index in [0.717, 1.165) is 0 Å². The monoisotopic (exact) mass is 302 g/mol. The first-order valence-corrected chi connectivity index (χ1v) is 5.57. The van der Waals surface area contributed by atoms with Gasteiger partial charge in [-0.1, -0.05) is 11.6 Å². The van der Waals surface area contributed by atoms with Gasteiger partial charge >= 0.3 is 5.97 Å². The van der Waals surface area contributed by atoms with Crippen molar-refractivity contribution in [3.63, 3.8) is 0 Å². The Morgan fingerprint density at radius 2 is 1.80 bits per heavy atom. The van der Waals surface area contributed by atoms with Gasteiger partial charge in [0.25, 0.3) is 0 Å². The molecule has 0 aliphatic rings. The van der Waals surface area contributed by atoms with Crippen molar-refractivity contribution in [1.82, 2.24) is 4.98 Å². The number of carbonyl (C=O) groups is 1. The van der Waals surface area contributed by atoms with Gasteiger partial charge in [0, 0.05) is 17.8 Å². The Morgan fingerprint density at radius 1 is 1.20 bits per heavy atom. The predicted molar refractivity (Wildman–Crippen MR) is 65.8 cm³/mol. The van der Waals surface area contributed by atoms with Gasteiger partial charge in [0.15, 0.2) is 17.5 Å². The molecule has 20 heavy (non-hydrogen) atoms. The summed E-state index contributed by atoms with van der Waals surface area (Å²) in [6.45, 7) is 0. The summed E-state index contributed by atoms with van der Waals surface area (Å²) in [6, 6.07) is 3.78. The molecule has 0 saturated heterocycles. The van der Waals surface area contributed by atoms with Crippen molar-refractivity contribution >= 4 is 29.1 Å². The Bertz CT molecular complexity index is 671. The summed E-state index contributed by atoms with van der Waals surface area (Å²) in [5.41, 5.74) is -0.446. The van der Waals surface area contributed by atoms with E-state index in [2.05, 4.69) is 10.3 Å². The third kappa shape index (κ3) is 2.83. The molecular weight excluding hydrogens is 297 g/mol. The highest BCUT2D eigenvalue weighted by Gasteiger charge is 2.15. The lowest BCUT2D eigenvalue weighted by atomic mass is 10.2. The standard InChI is InChI=1S/C12H6ClF3N2O2/c13-9-2-1-6(12(19)20)11(18-9)17-5-3-7(14)10(16)8(15)4-5/h1-4H,(H,17,18)(H,19,20). The largest absolute Gasteiger partial charge is 0.478 e. The van der Waals surface area contributed by atoms with Gasteiger partial charge in [-0.05, 0) is 12.1 Å². The van der Waals surface area contributed by atoms with E-state index in [1.165, 1.54) is 12.1 Å². The van der Waals surface area contributed by atoms with Gasteiger partial charge in [0.1, 0.15) is 16.5 Å². The number of benzene rings is 1. The van der Waals surface area contributed by atoms with Crippen molar-refractivity contribution in [2.24, 2.45) is 0 Å². The van der Waals surface area contributed by atoms with Gasteiger partial charge in [0.05, 0.1) is 0 Å². The fourth-order valence-corrected chi connectivity index (χ4v) is 1.62. The molecule has 8 heteroatoms. The molecule has 1 heterocycles. The Labute approximate surface area is 115 Å². The van der Waals surface area contributed by atoms with Gasteiger partial charge in [0.2, 0.25) is 0 Å². The van der Waals surface area contributed by atoms with Crippen LogP contribution in [0.1, 0.15) is 10.4 Å². The highest BCUT2D eigenvalue weighted by Crippen LogP contribution is 2.24. The van der Waals surface area contributed by atoms with E-state index in [4.69, 9.17) is 16.7 Å². The molecule has 2 N–H and O–H groups in total. The average molecular weight is 303 g/mol. The molecule has 0 unspecified atom stereocenters. The Balaban J connectivity index is 2.44. The Kier molecular flexibility index (Phi) is 3.80. The van der Waals surface area contributed by atoms with Crippen LogP contribution >= 0.6 is 11.6 Å². The molecule has 0 aliphatic carbocycles. The lowest BCUT2D eigenvalue weighted by Gasteiger charge is -2.09. The SMILES string of the molecule is O=C(O)c1ccc(Cl)nc1Nc1cc(F)c(F)c(F)c1. The molecule has 4 nitrogen and oxygen atoms in total. The van der Waals surface area contributed by atoms with Crippen LogP contribution in [0.2, 0.25) is 5.15 Å². The lowest BCUT2D eigenvalue weighted by Crippen LogP contribution is -2.05. The fraction of sp³-hybridized carbons (Fsp3) is 0. The van der Waals surface area contributed by atoms with Gasteiger partial charge < -0.3 is 10.4 Å². The summed E-state index contributed by atoms with van der Waals surface area (Å²) in [6.07, 6.45) is 0. The first-order chi connectivity index (χ1) is 9.38. The van der Waals surface area contributed by atoms with Crippen LogP contribution in [-0.2, 0) is 0 Å². The molecule has 0 fully saturated rings. The van der Waals surface area contributed by atoms with Gasteiger partial charge in [-0.2, -0.15) is 0 Å². The molecule has 0 aliphatic heterocycles. The average Bonchev–Trinajstić information content (AvgIpc) is 2.35. The minimum absolute atomic E-state index is 0.0134. The summed E-state index contributed by atoms with van der Waals surface area (Å²) < 4.78 is 38.9. The molecule has 104 valence electrons. The molecule has 1 aromatic heterocycles. The number of hydrogen-bond donors (Lipinski definition) is 2. The summed E-state index contributed by atoms with van der Waals surface area (Å²) in [5.74, 6) is -5.96. The number of carboxylic acid groups (broad SMARTS) is 1. The van der Waals surface area contributed by atoms with Crippen LogP contribution in [0.15, 0.2) is 24.3 Å². The van der Waals surface area contributed by atoms with Crippen LogP contribution in [0.4, 0.5) is 24.7 Å². The first-order valence-electron chi connectivity index (χ1n) is 5.20. The zero-order valence-electron chi connectivity index (χ0n) is 9.62. The zero-order valence-corrected chi connectivity index (χ0v) is 10.4.